The molecule has 1 amide bonds. The van der Waals surface area contributed by atoms with Gasteiger partial charge in [-0.3, -0.25) is 4.79 Å². The third kappa shape index (κ3) is 4.25. The van der Waals surface area contributed by atoms with Crippen molar-refractivity contribution in [2.45, 2.75) is 26.0 Å². The molecule has 0 aliphatic rings. The summed E-state index contributed by atoms with van der Waals surface area (Å²) in [7, 11) is 1.78. The molecule has 22 heavy (non-hydrogen) atoms. The number of halogens is 1. The second-order valence-electron chi connectivity index (χ2n) is 5.71. The first-order valence-corrected chi connectivity index (χ1v) is 7.50. The molecule has 0 saturated heterocycles. The van der Waals surface area contributed by atoms with Crippen LogP contribution in [-0.2, 0) is 11.3 Å². The minimum absolute atomic E-state index is 0.0775. The number of rotatable bonds is 5. The van der Waals surface area contributed by atoms with Crippen molar-refractivity contribution in [3.05, 3.63) is 65.2 Å². The van der Waals surface area contributed by atoms with Crippen LogP contribution in [0.25, 0.3) is 0 Å². The molecular formula is C18H20ClNO2. The number of nitrogens with zero attached hydrogens (tertiary/aromatic N) is 1. The molecule has 2 rings (SSSR count). The highest BCUT2D eigenvalue weighted by Crippen LogP contribution is 2.22. The molecule has 0 aromatic heterocycles. The Balaban J connectivity index is 2.04. The molecule has 0 bridgehead atoms. The molecule has 2 aromatic rings. The fourth-order valence-corrected chi connectivity index (χ4v) is 2.36. The predicted molar refractivity (Wildman–Crippen MR) is 89.1 cm³/mol. The first-order chi connectivity index (χ1) is 10.4. The highest BCUT2D eigenvalue weighted by atomic mass is 35.5. The maximum absolute atomic E-state index is 12.6. The molecule has 0 radical (unpaired) electrons. The van der Waals surface area contributed by atoms with Gasteiger partial charge in [0, 0.05) is 18.6 Å². The van der Waals surface area contributed by atoms with Crippen LogP contribution in [0.4, 0.5) is 0 Å². The first-order valence-electron chi connectivity index (χ1n) is 7.12. The number of benzene rings is 2. The molecule has 3 nitrogen and oxygen atoms in total. The van der Waals surface area contributed by atoms with Gasteiger partial charge >= 0.3 is 0 Å². The fraction of sp³-hybridized carbons (Fsp3) is 0.278. The number of likely N-dealkylation sites (N-methyl/N-ethyl adjacent to an activating group) is 1. The summed E-state index contributed by atoms with van der Waals surface area (Å²) in [5.41, 5.74) is 0.137. The smallest absolute Gasteiger partial charge is 0.266 e. The molecule has 0 spiro atoms. The molecular weight excluding hydrogens is 298 g/mol. The van der Waals surface area contributed by atoms with Crippen LogP contribution in [0.1, 0.15) is 19.4 Å². The Kier molecular flexibility index (Phi) is 5.09. The van der Waals surface area contributed by atoms with E-state index in [2.05, 4.69) is 0 Å². The van der Waals surface area contributed by atoms with Gasteiger partial charge in [0.25, 0.3) is 5.91 Å². The van der Waals surface area contributed by atoms with Crippen molar-refractivity contribution in [1.29, 1.82) is 0 Å². The minimum atomic E-state index is -0.947. The molecule has 2 aromatic carbocycles. The summed E-state index contributed by atoms with van der Waals surface area (Å²) in [5.74, 6) is 0.544. The molecule has 0 heterocycles. The van der Waals surface area contributed by atoms with E-state index in [-0.39, 0.29) is 5.91 Å². The van der Waals surface area contributed by atoms with Crippen molar-refractivity contribution in [2.75, 3.05) is 7.05 Å². The first kappa shape index (κ1) is 16.4. The average Bonchev–Trinajstić information content (AvgIpc) is 2.49. The summed E-state index contributed by atoms with van der Waals surface area (Å²) in [4.78, 5) is 14.3. The van der Waals surface area contributed by atoms with Crippen LogP contribution >= 0.6 is 11.6 Å². The predicted octanol–water partition coefficient (Wildman–Crippen LogP) is 4.16. The summed E-state index contributed by atoms with van der Waals surface area (Å²) in [6.07, 6.45) is 0. The van der Waals surface area contributed by atoms with E-state index >= 15 is 0 Å². The van der Waals surface area contributed by atoms with Crippen molar-refractivity contribution in [2.24, 2.45) is 0 Å². The van der Waals surface area contributed by atoms with E-state index in [1.165, 1.54) is 0 Å². The van der Waals surface area contributed by atoms with Gasteiger partial charge in [0.2, 0.25) is 0 Å². The van der Waals surface area contributed by atoms with Gasteiger partial charge in [-0.25, -0.2) is 0 Å². The lowest BCUT2D eigenvalue weighted by molar-refractivity contribution is -0.144. The van der Waals surface area contributed by atoms with Crippen molar-refractivity contribution >= 4 is 17.5 Å². The summed E-state index contributed by atoms with van der Waals surface area (Å²) in [6, 6.07) is 16.9. The Hall–Kier alpha value is -2.00. The third-order valence-electron chi connectivity index (χ3n) is 3.31. The zero-order valence-electron chi connectivity index (χ0n) is 13.0. The van der Waals surface area contributed by atoms with E-state index in [0.717, 1.165) is 5.56 Å². The quantitative estimate of drug-likeness (QED) is 0.829. The van der Waals surface area contributed by atoms with Crippen LogP contribution in [0.15, 0.2) is 54.6 Å². The largest absolute Gasteiger partial charge is 0.478 e. The lowest BCUT2D eigenvalue weighted by Gasteiger charge is -2.30. The molecule has 0 aliphatic heterocycles. The van der Waals surface area contributed by atoms with E-state index < -0.39 is 5.60 Å². The number of hydrogen-bond acceptors (Lipinski definition) is 2. The number of amides is 1. The summed E-state index contributed by atoms with van der Waals surface area (Å²) in [6.45, 7) is 4.09. The topological polar surface area (TPSA) is 29.5 Å². The van der Waals surface area contributed by atoms with Crippen LogP contribution in [0.3, 0.4) is 0 Å². The number of hydrogen-bond donors (Lipinski definition) is 0. The van der Waals surface area contributed by atoms with E-state index in [9.17, 15) is 4.79 Å². The van der Waals surface area contributed by atoms with Gasteiger partial charge in [0.05, 0.1) is 0 Å². The van der Waals surface area contributed by atoms with Gasteiger partial charge in [-0.15, -0.1) is 0 Å². The summed E-state index contributed by atoms with van der Waals surface area (Å²) < 4.78 is 5.83. The average molecular weight is 318 g/mol. The van der Waals surface area contributed by atoms with Crippen LogP contribution in [0.2, 0.25) is 5.02 Å². The van der Waals surface area contributed by atoms with E-state index in [1.807, 2.05) is 30.3 Å². The SMILES string of the molecule is CN(Cc1ccccc1)C(=O)C(C)(C)Oc1ccc(Cl)cc1. The molecule has 116 valence electrons. The fourth-order valence-electron chi connectivity index (χ4n) is 2.23. The lowest BCUT2D eigenvalue weighted by Crippen LogP contribution is -2.47. The van der Waals surface area contributed by atoms with Crippen LogP contribution in [-0.4, -0.2) is 23.5 Å². The van der Waals surface area contributed by atoms with Crippen LogP contribution in [0.5, 0.6) is 5.75 Å². The molecule has 0 unspecified atom stereocenters. The normalized spacial score (nSPS) is 11.1. The Bertz CT molecular complexity index is 623. The van der Waals surface area contributed by atoms with Gasteiger partial charge in [-0.2, -0.15) is 0 Å². The Labute approximate surface area is 136 Å². The van der Waals surface area contributed by atoms with Gasteiger partial charge < -0.3 is 9.64 Å². The van der Waals surface area contributed by atoms with Gasteiger partial charge in [-0.1, -0.05) is 41.9 Å². The molecule has 0 aliphatic carbocycles. The number of carbonyl (C=O) groups excluding carboxylic acids is 1. The van der Waals surface area contributed by atoms with Crippen LogP contribution in [0, 0.1) is 0 Å². The summed E-state index contributed by atoms with van der Waals surface area (Å²) in [5, 5.41) is 0.637. The van der Waals surface area contributed by atoms with Crippen molar-refractivity contribution in [3.8, 4) is 5.75 Å². The second-order valence-corrected chi connectivity index (χ2v) is 6.15. The Morgan fingerprint density at radius 1 is 1.09 bits per heavy atom. The van der Waals surface area contributed by atoms with Crippen molar-refractivity contribution in [3.63, 3.8) is 0 Å². The number of ether oxygens (including phenoxy) is 1. The standard InChI is InChI=1S/C18H20ClNO2/c1-18(2,22-16-11-9-15(19)10-12-16)17(21)20(3)13-14-7-5-4-6-8-14/h4-12H,13H2,1-3H3. The maximum atomic E-state index is 12.6. The summed E-state index contributed by atoms with van der Waals surface area (Å²) >= 11 is 5.86. The van der Waals surface area contributed by atoms with E-state index in [4.69, 9.17) is 16.3 Å². The van der Waals surface area contributed by atoms with Crippen LogP contribution < -0.4 is 4.74 Å². The Morgan fingerprint density at radius 2 is 1.68 bits per heavy atom. The monoisotopic (exact) mass is 317 g/mol. The Morgan fingerprint density at radius 3 is 2.27 bits per heavy atom. The van der Waals surface area contributed by atoms with Gasteiger partial charge in [0.15, 0.2) is 5.60 Å². The molecule has 0 saturated carbocycles. The van der Waals surface area contributed by atoms with E-state index in [0.29, 0.717) is 17.3 Å². The molecule has 4 heteroatoms. The van der Waals surface area contributed by atoms with Gasteiger partial charge in [0.1, 0.15) is 5.75 Å². The molecule has 0 N–H and O–H groups in total. The third-order valence-corrected chi connectivity index (χ3v) is 3.56. The molecule has 0 fully saturated rings. The number of carbonyl (C=O) groups is 1. The van der Waals surface area contributed by atoms with Crippen molar-refractivity contribution < 1.29 is 9.53 Å². The highest BCUT2D eigenvalue weighted by molar-refractivity contribution is 6.30. The molecule has 0 atom stereocenters. The van der Waals surface area contributed by atoms with Gasteiger partial charge in [-0.05, 0) is 43.7 Å². The maximum Gasteiger partial charge on any atom is 0.266 e. The highest BCUT2D eigenvalue weighted by Gasteiger charge is 2.32. The second kappa shape index (κ2) is 6.84. The zero-order chi connectivity index (χ0) is 16.2. The van der Waals surface area contributed by atoms with E-state index in [1.54, 1.807) is 50.1 Å². The van der Waals surface area contributed by atoms with Crippen molar-refractivity contribution in [1.82, 2.24) is 4.90 Å². The zero-order valence-corrected chi connectivity index (χ0v) is 13.8. The lowest BCUT2D eigenvalue weighted by atomic mass is 10.1. The minimum Gasteiger partial charge on any atom is -0.478 e.